The zero-order valence-corrected chi connectivity index (χ0v) is 43.3. The molecule has 2 unspecified atom stereocenters. The molecule has 2 amide bonds. The van der Waals surface area contributed by atoms with Gasteiger partial charge in [0.2, 0.25) is 0 Å². The highest BCUT2D eigenvalue weighted by molar-refractivity contribution is 6.13. The van der Waals surface area contributed by atoms with Gasteiger partial charge in [-0.3, -0.25) is 0 Å². The Balaban J connectivity index is 0.000000195. The Kier molecular flexibility index (Phi) is 14.2. The molecular weight excluding hydrogens is 941 g/mol. The monoisotopic (exact) mass is 1000 g/mol. The minimum Gasteiger partial charge on any atom is -0.457 e. The Morgan fingerprint density at radius 1 is 0.622 bits per heavy atom. The Morgan fingerprint density at radius 2 is 1.05 bits per heavy atom. The molecule has 4 N–H and O–H groups in total. The molecule has 0 radical (unpaired) electrons. The van der Waals surface area contributed by atoms with Crippen molar-refractivity contribution in [2.75, 3.05) is 34.4 Å². The number of hydrogen-bond acceptors (Lipinski definition) is 15. The van der Waals surface area contributed by atoms with Crippen LogP contribution < -0.4 is 30.7 Å². The van der Waals surface area contributed by atoms with E-state index in [2.05, 4.69) is 42.1 Å². The van der Waals surface area contributed by atoms with Crippen LogP contribution >= 0.6 is 0 Å². The van der Waals surface area contributed by atoms with Crippen LogP contribution in [0, 0.1) is 0 Å². The quantitative estimate of drug-likeness (QED) is 0.110. The molecule has 8 aromatic rings. The van der Waals surface area contributed by atoms with Gasteiger partial charge in [0, 0.05) is 59.1 Å². The van der Waals surface area contributed by atoms with Crippen LogP contribution in [0.15, 0.2) is 110 Å². The Labute approximate surface area is 429 Å². The van der Waals surface area contributed by atoms with Crippen LogP contribution in [-0.4, -0.2) is 65.5 Å². The van der Waals surface area contributed by atoms with Crippen LogP contribution in [0.5, 0.6) is 23.0 Å². The van der Waals surface area contributed by atoms with E-state index in [9.17, 15) is 9.59 Å². The summed E-state index contributed by atoms with van der Waals surface area (Å²) < 4.78 is 39.3. The number of anilines is 4. The molecule has 384 valence electrons. The molecule has 6 heterocycles. The second-order valence-corrected chi connectivity index (χ2v) is 19.8. The summed E-state index contributed by atoms with van der Waals surface area (Å²) in [4.78, 5) is 45.7. The Bertz CT molecular complexity index is 3310. The smallest absolute Gasteiger partial charge is 0.425 e. The van der Waals surface area contributed by atoms with E-state index in [1.54, 1.807) is 41.5 Å². The van der Waals surface area contributed by atoms with E-state index < -0.39 is 23.4 Å². The minimum atomic E-state index is -0.910. The van der Waals surface area contributed by atoms with E-state index in [-0.39, 0.29) is 18.0 Å². The number of carbonyl (C=O) groups excluding carboxylic acids is 2. The number of rotatable bonds is 11. The molecule has 0 fully saturated rings. The number of nitrogens with two attached hydrogens (primary N) is 1. The Hall–Kier alpha value is -8.22. The lowest BCUT2D eigenvalue weighted by atomic mass is 10.1. The molecule has 2 aliphatic heterocycles. The van der Waals surface area contributed by atoms with Gasteiger partial charge in [0.05, 0.1) is 36.8 Å². The number of ether oxygens (including phenoxy) is 6. The van der Waals surface area contributed by atoms with Crippen LogP contribution in [0.4, 0.5) is 32.6 Å². The summed E-state index contributed by atoms with van der Waals surface area (Å²) in [6.07, 6.45) is 0.725. The van der Waals surface area contributed by atoms with Gasteiger partial charge in [-0.2, -0.15) is 4.90 Å². The van der Waals surface area contributed by atoms with Gasteiger partial charge in [-0.1, -0.05) is 12.1 Å². The molecule has 0 saturated carbocycles. The van der Waals surface area contributed by atoms with Gasteiger partial charge < -0.3 is 53.9 Å². The van der Waals surface area contributed by atoms with Crippen molar-refractivity contribution < 1.29 is 38.0 Å². The van der Waals surface area contributed by atoms with Crippen molar-refractivity contribution in [1.82, 2.24) is 29.1 Å². The topological polar surface area (TPSA) is 204 Å². The summed E-state index contributed by atoms with van der Waals surface area (Å²) in [7, 11) is 0. The molecule has 10 rings (SSSR count). The van der Waals surface area contributed by atoms with Crippen LogP contribution in [0.25, 0.3) is 33.4 Å². The maximum atomic E-state index is 13.6. The third-order valence-corrected chi connectivity index (χ3v) is 12.0. The number of nitrogen functional groups attached to an aromatic ring is 1. The van der Waals surface area contributed by atoms with E-state index in [1.165, 1.54) is 12.7 Å². The van der Waals surface area contributed by atoms with Crippen molar-refractivity contribution in [1.29, 1.82) is 0 Å². The van der Waals surface area contributed by atoms with Gasteiger partial charge in [-0.05, 0) is 142 Å². The minimum absolute atomic E-state index is 0.0235. The molecule has 18 heteroatoms. The van der Waals surface area contributed by atoms with E-state index in [4.69, 9.17) is 34.2 Å². The van der Waals surface area contributed by atoms with Crippen LogP contribution in [-0.2, 0) is 32.2 Å². The number of benzene rings is 4. The summed E-state index contributed by atoms with van der Waals surface area (Å²) in [5, 5.41) is 6.58. The zero-order valence-electron chi connectivity index (χ0n) is 43.3. The van der Waals surface area contributed by atoms with Crippen LogP contribution in [0.3, 0.4) is 0 Å². The third kappa shape index (κ3) is 10.6. The van der Waals surface area contributed by atoms with Crippen molar-refractivity contribution in [3.05, 3.63) is 132 Å². The molecule has 4 aromatic carbocycles. The molecular formula is C56H62N10O8. The third-order valence-electron chi connectivity index (χ3n) is 12.0. The van der Waals surface area contributed by atoms with E-state index in [1.807, 2.05) is 122 Å². The van der Waals surface area contributed by atoms with E-state index >= 15 is 0 Å². The SMILES string of the molecule is CCNc1cccc(Oc2ccc(-n3c4c(c5ncnc(N(C(=O)OC(C)(C)C)C(=O)OC(C)(C)C)c53)C(C)OC4)cc2)c1.CCNc1cccc(Oc2ccc(-n3c4c(c5ncnc(N)c53)C(C)OC4)cc2)c1. The summed E-state index contributed by atoms with van der Waals surface area (Å²) in [5.74, 6) is 3.39. The number of carbonyl (C=O) groups is 2. The maximum absolute atomic E-state index is 13.6. The largest absolute Gasteiger partial charge is 0.457 e. The van der Waals surface area contributed by atoms with Gasteiger partial charge >= 0.3 is 12.2 Å². The second kappa shape index (κ2) is 20.7. The molecule has 4 aromatic heterocycles. The fourth-order valence-electron chi connectivity index (χ4n) is 9.02. The normalized spacial score (nSPS) is 14.9. The number of fused-ring (bicyclic) bond motifs is 6. The first kappa shape index (κ1) is 50.7. The number of hydrogen-bond donors (Lipinski definition) is 3. The molecule has 0 saturated heterocycles. The van der Waals surface area contributed by atoms with E-state index in [0.717, 1.165) is 85.8 Å². The predicted octanol–water partition coefficient (Wildman–Crippen LogP) is 12.7. The van der Waals surface area contributed by atoms with Gasteiger partial charge in [-0.15, -0.1) is 0 Å². The zero-order chi connectivity index (χ0) is 52.5. The average molecular weight is 1000 g/mol. The first-order chi connectivity index (χ1) is 35.4. The lowest BCUT2D eigenvalue weighted by Crippen LogP contribution is -2.44. The molecule has 2 aliphatic rings. The molecule has 74 heavy (non-hydrogen) atoms. The number of amides is 2. The second-order valence-electron chi connectivity index (χ2n) is 19.8. The lowest BCUT2D eigenvalue weighted by molar-refractivity contribution is 0.0429. The summed E-state index contributed by atoms with van der Waals surface area (Å²) in [6.45, 7) is 20.9. The summed E-state index contributed by atoms with van der Waals surface area (Å²) in [6, 6.07) is 31.1. The first-order valence-corrected chi connectivity index (χ1v) is 24.7. The van der Waals surface area contributed by atoms with Crippen LogP contribution in [0.2, 0.25) is 0 Å². The van der Waals surface area contributed by atoms with Crippen molar-refractivity contribution in [3.8, 4) is 34.4 Å². The van der Waals surface area contributed by atoms with Gasteiger partial charge in [0.15, 0.2) is 11.6 Å². The maximum Gasteiger partial charge on any atom is 0.425 e. The number of nitrogens with one attached hydrogen (secondary N) is 2. The highest BCUT2D eigenvalue weighted by atomic mass is 16.6. The van der Waals surface area contributed by atoms with Crippen molar-refractivity contribution in [3.63, 3.8) is 0 Å². The van der Waals surface area contributed by atoms with E-state index in [0.29, 0.717) is 41.6 Å². The van der Waals surface area contributed by atoms with Gasteiger partial charge in [0.1, 0.15) is 68.9 Å². The van der Waals surface area contributed by atoms with Gasteiger partial charge in [0.25, 0.3) is 0 Å². The molecule has 2 atom stereocenters. The standard InChI is InChI=1S/C33H39N5O6.C23H23N5O2/c1-9-34-21-11-10-12-24(17-21)42-23-15-13-22(14-16-23)37-25-18-41-20(2)26(25)27-28(37)29(36-19-35-27)38(30(39)43-32(3,4)5)31(40)44-33(6,7)8;1-3-25-15-5-4-6-18(11-15)30-17-9-7-16(8-10-17)28-19-12-29-14(2)20(19)21-22(28)23(24)27-13-26-21/h10-17,19-20,34H,9,18H2,1-8H3;4-11,13-14,25H,3,12H2,1-2H3,(H2,24,26,27). The summed E-state index contributed by atoms with van der Waals surface area (Å²) >= 11 is 0. The lowest BCUT2D eigenvalue weighted by Gasteiger charge is -2.28. The molecule has 0 spiro atoms. The Morgan fingerprint density at radius 3 is 1.50 bits per heavy atom. The first-order valence-electron chi connectivity index (χ1n) is 24.7. The average Bonchev–Trinajstić information content (AvgIpc) is 4.10. The molecule has 18 nitrogen and oxygen atoms in total. The fraction of sp³-hybridized carbons (Fsp3) is 0.321. The number of imide groups is 1. The van der Waals surface area contributed by atoms with Crippen LogP contribution in [0.1, 0.15) is 104 Å². The fourth-order valence-corrected chi connectivity index (χ4v) is 9.02. The van der Waals surface area contributed by atoms with Crippen molar-refractivity contribution >= 4 is 57.3 Å². The highest BCUT2D eigenvalue weighted by Crippen LogP contribution is 2.44. The predicted molar refractivity (Wildman–Crippen MR) is 285 cm³/mol. The van der Waals surface area contributed by atoms with Crippen molar-refractivity contribution in [2.24, 2.45) is 0 Å². The molecule has 0 bridgehead atoms. The number of aromatic nitrogens is 6. The van der Waals surface area contributed by atoms with Crippen molar-refractivity contribution in [2.45, 2.75) is 106 Å². The molecule has 0 aliphatic carbocycles. The summed E-state index contributed by atoms with van der Waals surface area (Å²) in [5.41, 5.74) is 14.7. The highest BCUT2D eigenvalue weighted by Gasteiger charge is 2.39. The number of nitrogens with zero attached hydrogens (tertiary/aromatic N) is 7. The van der Waals surface area contributed by atoms with Gasteiger partial charge in [-0.25, -0.2) is 29.5 Å².